The lowest BCUT2D eigenvalue weighted by Crippen LogP contribution is -2.14. The summed E-state index contributed by atoms with van der Waals surface area (Å²) in [4.78, 5) is 13.0. The Kier molecular flexibility index (Phi) is 2.90. The highest BCUT2D eigenvalue weighted by Crippen LogP contribution is 2.49. The minimum absolute atomic E-state index is 0.126. The maximum Gasteiger partial charge on any atom is 0.269 e. The van der Waals surface area contributed by atoms with Gasteiger partial charge in [0.15, 0.2) is 0 Å². The molecule has 0 bridgehead atoms. The van der Waals surface area contributed by atoms with E-state index in [-0.39, 0.29) is 16.5 Å². The van der Waals surface area contributed by atoms with Crippen molar-refractivity contribution in [3.63, 3.8) is 0 Å². The minimum atomic E-state index is -0.341. The molecule has 2 aliphatic rings. The molecule has 4 rings (SSSR count). The summed E-state index contributed by atoms with van der Waals surface area (Å²) in [5, 5.41) is 11.1. The van der Waals surface area contributed by atoms with E-state index in [0.717, 1.165) is 30.2 Å². The number of likely N-dealkylation sites (tertiary alicyclic amines) is 1. The van der Waals surface area contributed by atoms with Gasteiger partial charge in [0.05, 0.1) is 4.92 Å². The minimum Gasteiger partial charge on any atom is -0.457 e. The molecule has 2 aliphatic heterocycles. The second kappa shape index (κ2) is 4.81. The van der Waals surface area contributed by atoms with Gasteiger partial charge in [-0.2, -0.15) is 0 Å². The number of hydrogen-bond donors (Lipinski definition) is 0. The van der Waals surface area contributed by atoms with Crippen molar-refractivity contribution in [1.29, 1.82) is 0 Å². The summed E-state index contributed by atoms with van der Waals surface area (Å²) < 4.78 is 6.07. The number of ether oxygens (including phenoxy) is 1. The number of nitro benzene ring substituents is 1. The molecule has 0 radical (unpaired) electrons. The summed E-state index contributed by atoms with van der Waals surface area (Å²) in [5.74, 6) is 2.13. The van der Waals surface area contributed by atoms with Crippen LogP contribution in [0.4, 0.5) is 5.69 Å². The van der Waals surface area contributed by atoms with Gasteiger partial charge in [-0.15, -0.1) is 0 Å². The van der Waals surface area contributed by atoms with E-state index in [4.69, 9.17) is 4.74 Å². The molecule has 2 heterocycles. The third kappa shape index (κ3) is 1.97. The quantitative estimate of drug-likeness (QED) is 0.597. The maximum atomic E-state index is 11.1. The van der Waals surface area contributed by atoms with Crippen LogP contribution < -0.4 is 4.74 Å². The van der Waals surface area contributed by atoms with Crippen LogP contribution in [0.25, 0.3) is 0 Å². The molecule has 0 aromatic heterocycles. The molecular weight excluding hydrogens is 280 g/mol. The zero-order chi connectivity index (χ0) is 15.3. The van der Waals surface area contributed by atoms with Gasteiger partial charge in [0, 0.05) is 42.6 Å². The van der Waals surface area contributed by atoms with Crippen LogP contribution in [0.3, 0.4) is 0 Å². The molecule has 1 saturated heterocycles. The summed E-state index contributed by atoms with van der Waals surface area (Å²) in [5.41, 5.74) is 2.26. The summed E-state index contributed by atoms with van der Waals surface area (Å²) in [6.45, 7) is 1.82. The number of fused-ring (bicyclic) bond motifs is 5. The van der Waals surface area contributed by atoms with E-state index >= 15 is 0 Å². The van der Waals surface area contributed by atoms with E-state index in [9.17, 15) is 10.1 Å². The standard InChI is InChI=1S/C17H16N2O3/c1-18-9-14-12-4-2-3-5-16(12)22-17-7-6-11(19(20)21)8-13(17)15(14)10-18/h2-8,14-15H,9-10H2,1H3/t14?,15-/m1/s1. The van der Waals surface area contributed by atoms with Crippen LogP contribution in [-0.2, 0) is 0 Å². The van der Waals surface area contributed by atoms with Crippen molar-refractivity contribution in [2.45, 2.75) is 11.8 Å². The second-order valence-corrected chi connectivity index (χ2v) is 6.05. The van der Waals surface area contributed by atoms with Gasteiger partial charge in [0.25, 0.3) is 5.69 Å². The second-order valence-electron chi connectivity index (χ2n) is 6.05. The molecule has 1 unspecified atom stereocenters. The van der Waals surface area contributed by atoms with Gasteiger partial charge in [0.1, 0.15) is 11.5 Å². The van der Waals surface area contributed by atoms with Crippen LogP contribution in [-0.4, -0.2) is 30.0 Å². The first-order valence-electron chi connectivity index (χ1n) is 7.37. The molecule has 5 heteroatoms. The number of likely N-dealkylation sites (N-methyl/N-ethyl adjacent to an activating group) is 1. The fourth-order valence-electron chi connectivity index (χ4n) is 3.66. The van der Waals surface area contributed by atoms with Gasteiger partial charge < -0.3 is 9.64 Å². The average Bonchev–Trinajstić information content (AvgIpc) is 2.84. The molecule has 22 heavy (non-hydrogen) atoms. The van der Waals surface area contributed by atoms with Crippen LogP contribution in [0.1, 0.15) is 23.0 Å². The predicted octanol–water partition coefficient (Wildman–Crippen LogP) is 3.51. The molecular formula is C17H16N2O3. The van der Waals surface area contributed by atoms with Crippen LogP contribution in [0.5, 0.6) is 11.5 Å². The van der Waals surface area contributed by atoms with Crippen molar-refractivity contribution >= 4 is 5.69 Å². The first-order valence-corrected chi connectivity index (χ1v) is 7.37. The van der Waals surface area contributed by atoms with E-state index in [1.807, 2.05) is 18.2 Å². The third-order valence-corrected chi connectivity index (χ3v) is 4.64. The maximum absolute atomic E-state index is 11.1. The van der Waals surface area contributed by atoms with Crippen molar-refractivity contribution in [2.24, 2.45) is 0 Å². The van der Waals surface area contributed by atoms with Crippen molar-refractivity contribution in [3.05, 3.63) is 63.7 Å². The van der Waals surface area contributed by atoms with Crippen molar-refractivity contribution < 1.29 is 9.66 Å². The Morgan fingerprint density at radius 2 is 1.77 bits per heavy atom. The number of rotatable bonds is 1. The highest BCUT2D eigenvalue weighted by atomic mass is 16.6. The number of benzene rings is 2. The lowest BCUT2D eigenvalue weighted by molar-refractivity contribution is -0.384. The van der Waals surface area contributed by atoms with E-state index < -0.39 is 0 Å². The monoisotopic (exact) mass is 296 g/mol. The predicted molar refractivity (Wildman–Crippen MR) is 82.6 cm³/mol. The lowest BCUT2D eigenvalue weighted by Gasteiger charge is -2.16. The summed E-state index contributed by atoms with van der Waals surface area (Å²) >= 11 is 0. The number of non-ortho nitro benzene ring substituents is 1. The number of hydrogen-bond acceptors (Lipinski definition) is 4. The third-order valence-electron chi connectivity index (χ3n) is 4.64. The van der Waals surface area contributed by atoms with Gasteiger partial charge >= 0.3 is 0 Å². The van der Waals surface area contributed by atoms with Crippen LogP contribution >= 0.6 is 0 Å². The molecule has 2 aromatic carbocycles. The molecule has 1 fully saturated rings. The number of nitro groups is 1. The van der Waals surface area contributed by atoms with Crippen molar-refractivity contribution in [1.82, 2.24) is 4.90 Å². The molecule has 0 amide bonds. The topological polar surface area (TPSA) is 55.6 Å². The fraction of sp³-hybridized carbons (Fsp3) is 0.294. The van der Waals surface area contributed by atoms with Crippen molar-refractivity contribution in [3.8, 4) is 11.5 Å². The largest absolute Gasteiger partial charge is 0.457 e. The highest BCUT2D eigenvalue weighted by Gasteiger charge is 2.39. The smallest absolute Gasteiger partial charge is 0.269 e. The van der Waals surface area contributed by atoms with E-state index in [2.05, 4.69) is 18.0 Å². The van der Waals surface area contributed by atoms with Crippen LogP contribution in [0.2, 0.25) is 0 Å². The normalized spacial score (nSPS) is 23.0. The molecule has 2 atom stereocenters. The van der Waals surface area contributed by atoms with Crippen LogP contribution in [0, 0.1) is 10.1 Å². The number of nitrogens with zero attached hydrogens (tertiary/aromatic N) is 2. The Hall–Kier alpha value is -2.40. The van der Waals surface area contributed by atoms with Gasteiger partial charge in [-0.05, 0) is 24.7 Å². The van der Waals surface area contributed by atoms with Crippen molar-refractivity contribution in [2.75, 3.05) is 20.1 Å². The van der Waals surface area contributed by atoms with E-state index in [1.54, 1.807) is 12.1 Å². The zero-order valence-electron chi connectivity index (χ0n) is 12.2. The Morgan fingerprint density at radius 1 is 1.09 bits per heavy atom. The Balaban J connectivity index is 1.91. The molecule has 2 aromatic rings. The Bertz CT molecular complexity index is 759. The Labute approximate surface area is 128 Å². The molecule has 112 valence electrons. The summed E-state index contributed by atoms with van der Waals surface area (Å²) in [6, 6.07) is 13.0. The molecule has 5 nitrogen and oxygen atoms in total. The van der Waals surface area contributed by atoms with Crippen LogP contribution in [0.15, 0.2) is 42.5 Å². The molecule has 0 saturated carbocycles. The van der Waals surface area contributed by atoms with E-state index in [1.165, 1.54) is 11.6 Å². The van der Waals surface area contributed by atoms with Gasteiger partial charge in [-0.1, -0.05) is 18.2 Å². The Morgan fingerprint density at radius 3 is 2.55 bits per heavy atom. The summed E-state index contributed by atoms with van der Waals surface area (Å²) in [7, 11) is 2.09. The van der Waals surface area contributed by atoms with E-state index in [0.29, 0.717) is 5.92 Å². The van der Waals surface area contributed by atoms with Gasteiger partial charge in [-0.3, -0.25) is 10.1 Å². The number of para-hydroxylation sites is 1. The lowest BCUT2D eigenvalue weighted by atomic mass is 9.84. The highest BCUT2D eigenvalue weighted by molar-refractivity contribution is 5.54. The zero-order valence-corrected chi connectivity index (χ0v) is 12.2. The molecule has 0 N–H and O–H groups in total. The molecule has 0 aliphatic carbocycles. The first-order chi connectivity index (χ1) is 10.6. The molecule has 0 spiro atoms. The summed E-state index contributed by atoms with van der Waals surface area (Å²) in [6.07, 6.45) is 0. The fourth-order valence-corrected chi connectivity index (χ4v) is 3.66. The SMILES string of the molecule is CN1CC2c3ccccc3Oc3ccc([N+](=O)[O-])cc3[C@H]2C1. The van der Waals surface area contributed by atoms with Gasteiger partial charge in [0.2, 0.25) is 0 Å². The average molecular weight is 296 g/mol. The van der Waals surface area contributed by atoms with Gasteiger partial charge in [-0.25, -0.2) is 0 Å². The first kappa shape index (κ1) is 13.3.